The van der Waals surface area contributed by atoms with E-state index in [1.165, 1.54) is 16.1 Å². The molecule has 0 saturated heterocycles. The van der Waals surface area contributed by atoms with Gasteiger partial charge in [-0.2, -0.15) is 4.31 Å². The van der Waals surface area contributed by atoms with Gasteiger partial charge < -0.3 is 4.90 Å². The molecule has 0 aliphatic carbocycles. The lowest BCUT2D eigenvalue weighted by molar-refractivity contribution is 0.302. The Bertz CT molecular complexity index is 918. The van der Waals surface area contributed by atoms with Gasteiger partial charge in [-0.25, -0.2) is 23.4 Å². The van der Waals surface area contributed by atoms with E-state index in [-0.39, 0.29) is 17.0 Å². The van der Waals surface area contributed by atoms with Crippen LogP contribution in [-0.4, -0.2) is 46.3 Å². The van der Waals surface area contributed by atoms with E-state index in [0.717, 1.165) is 36.7 Å². The number of hydrogen-bond acceptors (Lipinski definition) is 6. The van der Waals surface area contributed by atoms with Gasteiger partial charge in [0.15, 0.2) is 0 Å². The minimum atomic E-state index is -3.57. The van der Waals surface area contributed by atoms with Gasteiger partial charge in [-0.3, -0.25) is 0 Å². The summed E-state index contributed by atoms with van der Waals surface area (Å²) in [5.41, 5.74) is 2.21. The normalized spacial score (nSPS) is 14.8. The topological polar surface area (TPSA) is 79.3 Å². The number of aryl methyl sites for hydroxylation is 1. The van der Waals surface area contributed by atoms with Gasteiger partial charge in [0.1, 0.15) is 16.5 Å². The molecule has 2 aromatic heterocycles. The molecular weight excluding hydrogens is 374 g/mol. The van der Waals surface area contributed by atoms with Crippen LogP contribution in [0.2, 0.25) is 0 Å². The summed E-state index contributed by atoms with van der Waals surface area (Å²) in [6, 6.07) is 3.22. The van der Waals surface area contributed by atoms with Crippen molar-refractivity contribution >= 4 is 15.8 Å². The zero-order valence-corrected chi connectivity index (χ0v) is 18.1. The van der Waals surface area contributed by atoms with Crippen molar-refractivity contribution in [1.29, 1.82) is 0 Å². The van der Waals surface area contributed by atoms with Crippen molar-refractivity contribution in [3.05, 3.63) is 41.6 Å². The minimum Gasteiger partial charge on any atom is -0.350 e. The van der Waals surface area contributed by atoms with Gasteiger partial charge in [-0.15, -0.1) is 0 Å². The molecule has 0 atom stereocenters. The maximum Gasteiger partial charge on any atom is 0.245 e. The number of anilines is 1. The molecule has 0 fully saturated rings. The SMILES string of the molecule is CCc1ncc2c(n1)CN(c1ccc(S(=O)(=O)N(C(C)C)C(C)C)cn1)CC2. The molecule has 1 aliphatic rings. The van der Waals surface area contributed by atoms with Crippen LogP contribution < -0.4 is 4.90 Å². The molecule has 3 heterocycles. The summed E-state index contributed by atoms with van der Waals surface area (Å²) < 4.78 is 27.5. The van der Waals surface area contributed by atoms with E-state index < -0.39 is 10.0 Å². The first kappa shape index (κ1) is 20.7. The number of fused-ring (bicyclic) bond motifs is 1. The molecule has 7 nitrogen and oxygen atoms in total. The van der Waals surface area contributed by atoms with E-state index in [1.807, 2.05) is 40.8 Å². The van der Waals surface area contributed by atoms with Gasteiger partial charge in [-0.1, -0.05) is 6.92 Å². The summed E-state index contributed by atoms with van der Waals surface area (Å²) in [5, 5.41) is 0. The molecule has 0 amide bonds. The van der Waals surface area contributed by atoms with Crippen LogP contribution in [0.25, 0.3) is 0 Å². The van der Waals surface area contributed by atoms with Crippen molar-refractivity contribution in [2.75, 3.05) is 11.4 Å². The van der Waals surface area contributed by atoms with Crippen LogP contribution in [0.15, 0.2) is 29.4 Å². The quantitative estimate of drug-likeness (QED) is 0.738. The zero-order valence-electron chi connectivity index (χ0n) is 17.3. The van der Waals surface area contributed by atoms with E-state index in [4.69, 9.17) is 0 Å². The lowest BCUT2D eigenvalue weighted by atomic mass is 10.1. The second kappa shape index (κ2) is 8.13. The first-order valence-electron chi connectivity index (χ1n) is 9.82. The number of sulfonamides is 1. The molecule has 8 heteroatoms. The number of hydrogen-bond donors (Lipinski definition) is 0. The summed E-state index contributed by atoms with van der Waals surface area (Å²) in [6.45, 7) is 11.1. The van der Waals surface area contributed by atoms with Gasteiger partial charge in [0.25, 0.3) is 0 Å². The van der Waals surface area contributed by atoms with E-state index in [9.17, 15) is 8.42 Å². The fourth-order valence-electron chi connectivity index (χ4n) is 3.70. The summed E-state index contributed by atoms with van der Waals surface area (Å²) in [4.78, 5) is 15.8. The Balaban J connectivity index is 1.83. The molecule has 0 bridgehead atoms. The Morgan fingerprint density at radius 3 is 2.39 bits per heavy atom. The van der Waals surface area contributed by atoms with Crippen LogP contribution in [0.1, 0.15) is 51.7 Å². The molecule has 0 unspecified atom stereocenters. The first-order chi connectivity index (χ1) is 13.2. The maximum absolute atomic E-state index is 13.0. The van der Waals surface area contributed by atoms with Gasteiger partial charge in [-0.05, 0) is 51.8 Å². The number of pyridine rings is 1. The van der Waals surface area contributed by atoms with Crippen molar-refractivity contribution in [3.63, 3.8) is 0 Å². The lowest BCUT2D eigenvalue weighted by Gasteiger charge is -2.30. The predicted octanol–water partition coefficient (Wildman–Crippen LogP) is 2.80. The number of nitrogens with zero attached hydrogens (tertiary/aromatic N) is 5. The summed E-state index contributed by atoms with van der Waals surface area (Å²) in [6.07, 6.45) is 5.05. The molecule has 2 aromatic rings. The fraction of sp³-hybridized carbons (Fsp3) is 0.550. The highest BCUT2D eigenvalue weighted by Gasteiger charge is 2.30. The molecule has 3 rings (SSSR count). The Kier molecular flexibility index (Phi) is 6.00. The second-order valence-corrected chi connectivity index (χ2v) is 9.50. The molecule has 0 N–H and O–H groups in total. The van der Waals surface area contributed by atoms with E-state index in [0.29, 0.717) is 6.54 Å². The van der Waals surface area contributed by atoms with Crippen LogP contribution in [-0.2, 0) is 29.4 Å². The van der Waals surface area contributed by atoms with Gasteiger partial charge >= 0.3 is 0 Å². The maximum atomic E-state index is 13.0. The number of rotatable bonds is 6. The van der Waals surface area contributed by atoms with Crippen LogP contribution in [0.5, 0.6) is 0 Å². The second-order valence-electron chi connectivity index (χ2n) is 7.66. The third kappa shape index (κ3) is 4.03. The van der Waals surface area contributed by atoms with Crippen LogP contribution in [0, 0.1) is 0 Å². The van der Waals surface area contributed by atoms with Crippen molar-refractivity contribution in [2.45, 2.75) is 71.0 Å². The third-order valence-corrected chi connectivity index (χ3v) is 7.19. The minimum absolute atomic E-state index is 0.115. The van der Waals surface area contributed by atoms with Gasteiger partial charge in [0, 0.05) is 37.4 Å². The number of aromatic nitrogens is 3. The smallest absolute Gasteiger partial charge is 0.245 e. The average Bonchev–Trinajstić information content (AvgIpc) is 2.66. The van der Waals surface area contributed by atoms with E-state index >= 15 is 0 Å². The van der Waals surface area contributed by atoms with Crippen LogP contribution in [0.3, 0.4) is 0 Å². The highest BCUT2D eigenvalue weighted by atomic mass is 32.2. The highest BCUT2D eigenvalue weighted by Crippen LogP contribution is 2.25. The summed E-state index contributed by atoms with van der Waals surface area (Å²) >= 11 is 0. The molecule has 0 radical (unpaired) electrons. The van der Waals surface area contributed by atoms with Gasteiger partial charge in [0.05, 0.1) is 12.2 Å². The molecule has 0 saturated carbocycles. The largest absolute Gasteiger partial charge is 0.350 e. The lowest BCUT2D eigenvalue weighted by Crippen LogP contribution is -2.42. The Morgan fingerprint density at radius 2 is 1.82 bits per heavy atom. The highest BCUT2D eigenvalue weighted by molar-refractivity contribution is 7.89. The van der Waals surface area contributed by atoms with Crippen molar-refractivity contribution in [2.24, 2.45) is 0 Å². The standard InChI is InChI=1S/C20H29N5O2S/c1-6-19-21-11-16-9-10-24(13-18(16)23-19)20-8-7-17(12-22-20)28(26,27)25(14(2)3)15(4)5/h7-8,11-12,14-15H,6,9-10,13H2,1-5H3. The summed E-state index contributed by atoms with van der Waals surface area (Å²) in [5.74, 6) is 1.61. The average molecular weight is 404 g/mol. The first-order valence-corrected chi connectivity index (χ1v) is 11.3. The third-order valence-electron chi connectivity index (χ3n) is 4.95. The Labute approximate surface area is 167 Å². The fourth-order valence-corrected chi connectivity index (χ4v) is 5.48. The molecule has 152 valence electrons. The van der Waals surface area contributed by atoms with Crippen LogP contribution in [0.4, 0.5) is 5.82 Å². The molecule has 0 aromatic carbocycles. The Morgan fingerprint density at radius 1 is 1.11 bits per heavy atom. The predicted molar refractivity (Wildman–Crippen MR) is 110 cm³/mol. The van der Waals surface area contributed by atoms with E-state index in [2.05, 4.69) is 19.9 Å². The van der Waals surface area contributed by atoms with Crippen molar-refractivity contribution in [1.82, 2.24) is 19.3 Å². The van der Waals surface area contributed by atoms with Crippen LogP contribution >= 0.6 is 0 Å². The zero-order chi connectivity index (χ0) is 20.5. The Hall–Kier alpha value is -2.06. The molecular formula is C20H29N5O2S. The summed E-state index contributed by atoms with van der Waals surface area (Å²) in [7, 11) is -3.57. The molecule has 0 spiro atoms. The molecule has 1 aliphatic heterocycles. The van der Waals surface area contributed by atoms with E-state index in [1.54, 1.807) is 12.1 Å². The van der Waals surface area contributed by atoms with Crippen molar-refractivity contribution < 1.29 is 8.42 Å². The molecule has 28 heavy (non-hydrogen) atoms. The van der Waals surface area contributed by atoms with Gasteiger partial charge in [0.2, 0.25) is 10.0 Å². The monoisotopic (exact) mass is 403 g/mol. The van der Waals surface area contributed by atoms with Crippen molar-refractivity contribution in [3.8, 4) is 0 Å².